The van der Waals surface area contributed by atoms with Gasteiger partial charge in [-0.25, -0.2) is 9.79 Å². The number of aliphatic hydroxyl groups is 1. The molecule has 2 aromatic rings. The summed E-state index contributed by atoms with van der Waals surface area (Å²) in [6.07, 6.45) is 3.12. The largest absolute Gasteiger partial charge is 0.465 e. The first-order valence-corrected chi connectivity index (χ1v) is 7.41. The quantitative estimate of drug-likeness (QED) is 0.551. The lowest BCUT2D eigenvalue weighted by molar-refractivity contribution is -0.108. The van der Waals surface area contributed by atoms with Crippen molar-refractivity contribution in [2.45, 2.75) is 11.3 Å². The first kappa shape index (κ1) is 14.0. The van der Waals surface area contributed by atoms with Crippen LogP contribution < -0.4 is 0 Å². The molecular formula is C12H14O6P+. The van der Waals surface area contributed by atoms with E-state index in [-0.39, 0.29) is 11.5 Å². The molecule has 6 nitrogen and oxygen atoms in total. The molecule has 102 valence electrons. The minimum Gasteiger partial charge on any atom is -0.465 e. The average molecular weight is 285 g/mol. The van der Waals surface area contributed by atoms with Gasteiger partial charge in [-0.3, -0.25) is 4.79 Å². The van der Waals surface area contributed by atoms with E-state index in [4.69, 9.17) is 8.83 Å². The number of carbonyl (C=O) groups excluding carboxylic acids is 1. The van der Waals surface area contributed by atoms with Crippen LogP contribution in [0.3, 0.4) is 0 Å². The van der Waals surface area contributed by atoms with Crippen molar-refractivity contribution in [2.24, 2.45) is 0 Å². The molecule has 7 heteroatoms. The van der Waals surface area contributed by atoms with Crippen molar-refractivity contribution in [3.63, 3.8) is 0 Å². The molecule has 0 spiro atoms. The Bertz CT molecular complexity index is 504. The lowest BCUT2D eigenvalue weighted by Crippen LogP contribution is -2.16. The molecule has 0 amide bonds. The zero-order valence-electron chi connectivity index (χ0n) is 9.92. The molecule has 2 unspecified atom stereocenters. The molecule has 2 rings (SSSR count). The summed E-state index contributed by atoms with van der Waals surface area (Å²) in [6, 6.07) is 6.12. The Kier molecular flexibility index (Phi) is 4.17. The maximum Gasteiger partial charge on any atom is 0.298 e. The zero-order valence-corrected chi connectivity index (χ0v) is 10.8. The number of hydrogen-bond acceptors (Lipinski definition) is 6. The van der Waals surface area contributed by atoms with E-state index >= 15 is 0 Å². The first-order chi connectivity index (χ1) is 9.11. The third-order valence-electron chi connectivity index (χ3n) is 2.88. The highest BCUT2D eigenvalue weighted by atomic mass is 31.2. The third kappa shape index (κ3) is 2.62. The monoisotopic (exact) mass is 285 g/mol. The number of rotatable bonds is 6. The van der Waals surface area contributed by atoms with Crippen LogP contribution >= 0.6 is 7.72 Å². The highest BCUT2D eigenvalue weighted by Crippen LogP contribution is 2.71. The Balaban J connectivity index is 2.36. The highest BCUT2D eigenvalue weighted by molar-refractivity contribution is 7.66. The summed E-state index contributed by atoms with van der Waals surface area (Å²) in [7, 11) is -3.85. The van der Waals surface area contributed by atoms with Crippen molar-refractivity contribution in [3.05, 3.63) is 48.3 Å². The van der Waals surface area contributed by atoms with Crippen LogP contribution in [0.5, 0.6) is 0 Å². The summed E-state index contributed by atoms with van der Waals surface area (Å²) in [5, 5.41) is 9.38. The van der Waals surface area contributed by atoms with E-state index < -0.39 is 25.6 Å². The zero-order chi connectivity index (χ0) is 13.9. The first-order valence-electron chi connectivity index (χ1n) is 5.58. The smallest absolute Gasteiger partial charge is 0.298 e. The molecule has 0 saturated heterocycles. The fraction of sp³-hybridized carbons (Fsp3) is 0.250. The predicted molar refractivity (Wildman–Crippen MR) is 67.4 cm³/mol. The van der Waals surface area contributed by atoms with Crippen molar-refractivity contribution in [1.82, 2.24) is 0 Å². The van der Waals surface area contributed by atoms with E-state index in [2.05, 4.69) is 0 Å². The summed E-state index contributed by atoms with van der Waals surface area (Å²) in [5.74, 6) is 0.373. The van der Waals surface area contributed by atoms with Crippen LogP contribution in [0.1, 0.15) is 22.8 Å². The van der Waals surface area contributed by atoms with Gasteiger partial charge in [0, 0.05) is 0 Å². The van der Waals surface area contributed by atoms with Crippen LogP contribution in [0.25, 0.3) is 0 Å². The van der Waals surface area contributed by atoms with Gasteiger partial charge in [-0.2, -0.15) is 0 Å². The standard InChI is InChI=1S/C12H14O6P/c13-7-11(9-3-1-5-17-9)19(15,16)12(8-14)10-4-2-6-18-10/h1-7,11-12,14-16H,8H2/q+1. The lowest BCUT2D eigenvalue weighted by Gasteiger charge is -2.23. The van der Waals surface area contributed by atoms with Crippen LogP contribution in [0, 0.1) is 0 Å². The Hall–Kier alpha value is -1.46. The van der Waals surface area contributed by atoms with E-state index in [0.29, 0.717) is 6.29 Å². The Morgan fingerprint density at radius 3 is 2.16 bits per heavy atom. The molecule has 19 heavy (non-hydrogen) atoms. The van der Waals surface area contributed by atoms with Crippen LogP contribution in [-0.4, -0.2) is 27.8 Å². The molecule has 0 fully saturated rings. The maximum atomic E-state index is 11.2. The fourth-order valence-electron chi connectivity index (χ4n) is 1.88. The molecule has 0 aliphatic rings. The summed E-state index contributed by atoms with van der Waals surface area (Å²) in [5.41, 5.74) is -2.27. The van der Waals surface area contributed by atoms with Gasteiger partial charge in [0.25, 0.3) is 7.72 Å². The molecule has 0 aliphatic heterocycles. The normalized spacial score (nSPS) is 15.1. The highest BCUT2D eigenvalue weighted by Gasteiger charge is 2.55. The van der Waals surface area contributed by atoms with Gasteiger partial charge < -0.3 is 13.9 Å². The van der Waals surface area contributed by atoms with Gasteiger partial charge in [-0.15, -0.1) is 0 Å². The second kappa shape index (κ2) is 5.67. The molecule has 0 aromatic carbocycles. The van der Waals surface area contributed by atoms with Crippen molar-refractivity contribution in [2.75, 3.05) is 6.61 Å². The number of aliphatic hydroxyl groups excluding tert-OH is 1. The Morgan fingerprint density at radius 2 is 1.74 bits per heavy atom. The molecule has 0 aliphatic carbocycles. The van der Waals surface area contributed by atoms with Gasteiger partial charge in [0.1, 0.15) is 0 Å². The predicted octanol–water partition coefficient (Wildman–Crippen LogP) is 1.68. The lowest BCUT2D eigenvalue weighted by atomic mass is 10.3. The van der Waals surface area contributed by atoms with Crippen LogP contribution in [0.15, 0.2) is 45.6 Å². The number of carbonyl (C=O) groups is 1. The molecule has 0 radical (unpaired) electrons. The SMILES string of the molecule is O=CC(c1ccco1)[P+](O)(O)C(CO)c1ccco1. The summed E-state index contributed by atoms with van der Waals surface area (Å²) >= 11 is 0. The molecule has 0 saturated carbocycles. The maximum absolute atomic E-state index is 11.2. The summed E-state index contributed by atoms with van der Waals surface area (Å²) in [4.78, 5) is 31.8. The minimum atomic E-state index is -3.85. The van der Waals surface area contributed by atoms with Crippen LogP contribution in [-0.2, 0) is 4.79 Å². The summed E-state index contributed by atoms with van der Waals surface area (Å²) < 4.78 is 10.1. The molecular weight excluding hydrogens is 271 g/mol. The van der Waals surface area contributed by atoms with Gasteiger partial charge in [-0.05, 0) is 24.3 Å². The molecule has 0 bridgehead atoms. The van der Waals surface area contributed by atoms with Crippen molar-refractivity contribution in [1.29, 1.82) is 0 Å². The number of furan rings is 2. The minimum absolute atomic E-state index is 0.151. The van der Waals surface area contributed by atoms with E-state index in [0.717, 1.165) is 0 Å². The van der Waals surface area contributed by atoms with Crippen molar-refractivity contribution < 1.29 is 28.5 Å². The number of hydrogen-bond donors (Lipinski definition) is 3. The molecule has 2 heterocycles. The van der Waals surface area contributed by atoms with Gasteiger partial charge in [0.15, 0.2) is 17.8 Å². The van der Waals surface area contributed by atoms with Crippen LogP contribution in [0.2, 0.25) is 0 Å². The van der Waals surface area contributed by atoms with E-state index in [1.54, 1.807) is 12.1 Å². The topological polar surface area (TPSA) is 104 Å². The van der Waals surface area contributed by atoms with Gasteiger partial charge in [0.05, 0.1) is 19.1 Å². The number of aldehydes is 1. The van der Waals surface area contributed by atoms with Gasteiger partial charge in [0.2, 0.25) is 11.3 Å². The molecule has 3 N–H and O–H groups in total. The second-order valence-corrected chi connectivity index (χ2v) is 6.59. The van der Waals surface area contributed by atoms with E-state index in [1.165, 1.54) is 24.7 Å². The van der Waals surface area contributed by atoms with E-state index in [9.17, 15) is 19.7 Å². The second-order valence-electron chi connectivity index (χ2n) is 4.01. The molecule has 2 atom stereocenters. The summed E-state index contributed by atoms with van der Waals surface area (Å²) in [6.45, 7) is -0.542. The van der Waals surface area contributed by atoms with E-state index in [1.807, 2.05) is 0 Å². The Labute approximate surface area is 109 Å². The molecule has 2 aromatic heterocycles. The van der Waals surface area contributed by atoms with Gasteiger partial charge >= 0.3 is 0 Å². The van der Waals surface area contributed by atoms with Crippen molar-refractivity contribution >= 4 is 14.0 Å². The third-order valence-corrected chi connectivity index (χ3v) is 5.41. The fourth-order valence-corrected chi connectivity index (χ4v) is 3.73. The Morgan fingerprint density at radius 1 is 1.16 bits per heavy atom. The van der Waals surface area contributed by atoms with Crippen LogP contribution in [0.4, 0.5) is 0 Å². The van der Waals surface area contributed by atoms with Crippen molar-refractivity contribution in [3.8, 4) is 0 Å². The van der Waals surface area contributed by atoms with Gasteiger partial charge in [-0.1, -0.05) is 0 Å². The average Bonchev–Trinajstić information content (AvgIpc) is 3.02.